The fraction of sp³-hybridized carbons (Fsp3) is 0.667. The van der Waals surface area contributed by atoms with E-state index >= 15 is 0 Å². The molecule has 1 aliphatic carbocycles. The van der Waals surface area contributed by atoms with Crippen LogP contribution in [-0.4, -0.2) is 54.9 Å². The predicted molar refractivity (Wildman–Crippen MR) is 113 cm³/mol. The van der Waals surface area contributed by atoms with Gasteiger partial charge in [0.25, 0.3) is 0 Å². The molecule has 3 aliphatic rings. The number of carbonyl (C=O) groups is 1. The second-order valence-corrected chi connectivity index (χ2v) is 8.36. The summed E-state index contributed by atoms with van der Waals surface area (Å²) in [6, 6.07) is 2.15. The number of aliphatic imine (C=N–C) groups is 1. The summed E-state index contributed by atoms with van der Waals surface area (Å²) < 4.78 is 0. The fourth-order valence-electron chi connectivity index (χ4n) is 4.26. The number of fused-ring (bicyclic) bond motifs is 1. The molecule has 2 fully saturated rings. The number of rotatable bonds is 2. The number of nitrogens with one attached hydrogen (secondary N) is 1. The lowest BCUT2D eigenvalue weighted by Gasteiger charge is -2.38. The standard InChI is InChI=1S/C18H26N4OS.HI/c1-19-17(22-9-7-18(13-22)5-2-6-18)20-11-16(23)21-8-3-15-14(12-21)4-10-24-15;/h4,10H,2-3,5-9,11-13H2,1H3,(H,19,20);1H. The minimum atomic E-state index is 0. The first kappa shape index (κ1) is 18.9. The first-order valence-corrected chi connectivity index (χ1v) is 9.86. The van der Waals surface area contributed by atoms with Crippen LogP contribution in [0.1, 0.15) is 36.1 Å². The van der Waals surface area contributed by atoms with Crippen molar-refractivity contribution < 1.29 is 4.79 Å². The molecule has 0 atom stereocenters. The summed E-state index contributed by atoms with van der Waals surface area (Å²) in [7, 11) is 1.82. The van der Waals surface area contributed by atoms with Crippen LogP contribution in [0.3, 0.4) is 0 Å². The van der Waals surface area contributed by atoms with Crippen molar-refractivity contribution in [2.45, 2.75) is 38.6 Å². The predicted octanol–water partition coefficient (Wildman–Crippen LogP) is 2.70. The zero-order valence-corrected chi connectivity index (χ0v) is 17.9. The maximum Gasteiger partial charge on any atom is 0.242 e. The average Bonchev–Trinajstić information content (AvgIpc) is 3.21. The van der Waals surface area contributed by atoms with Gasteiger partial charge < -0.3 is 15.1 Å². The van der Waals surface area contributed by atoms with Crippen molar-refractivity contribution in [1.82, 2.24) is 15.1 Å². The highest BCUT2D eigenvalue weighted by molar-refractivity contribution is 14.0. The molecule has 1 saturated carbocycles. The first-order chi connectivity index (χ1) is 11.7. The highest BCUT2D eigenvalue weighted by Gasteiger charge is 2.43. The third kappa shape index (κ3) is 3.82. The van der Waals surface area contributed by atoms with Crippen molar-refractivity contribution in [2.75, 3.05) is 33.2 Å². The molecule has 25 heavy (non-hydrogen) atoms. The number of thiophene rings is 1. The number of carbonyl (C=O) groups excluding carboxylic acids is 1. The van der Waals surface area contributed by atoms with E-state index in [0.717, 1.165) is 38.6 Å². The van der Waals surface area contributed by atoms with Crippen molar-refractivity contribution in [2.24, 2.45) is 10.4 Å². The SMILES string of the molecule is CN=C(NCC(=O)N1CCc2sccc2C1)N1CCC2(CCC2)C1.I. The molecule has 3 heterocycles. The normalized spacial score (nSPS) is 21.6. The van der Waals surface area contributed by atoms with E-state index in [1.165, 1.54) is 36.1 Å². The Labute approximate surface area is 170 Å². The van der Waals surface area contributed by atoms with Gasteiger partial charge >= 0.3 is 0 Å². The number of likely N-dealkylation sites (tertiary alicyclic amines) is 1. The zero-order chi connectivity index (χ0) is 16.6. The van der Waals surface area contributed by atoms with E-state index in [1.54, 1.807) is 11.3 Å². The van der Waals surface area contributed by atoms with E-state index in [9.17, 15) is 4.79 Å². The molecule has 2 aliphatic heterocycles. The topological polar surface area (TPSA) is 47.9 Å². The molecule has 1 saturated heterocycles. The van der Waals surface area contributed by atoms with Crippen molar-refractivity contribution in [1.29, 1.82) is 0 Å². The van der Waals surface area contributed by atoms with E-state index in [1.807, 2.05) is 11.9 Å². The minimum absolute atomic E-state index is 0. The maximum absolute atomic E-state index is 12.6. The number of hydrogen-bond donors (Lipinski definition) is 1. The third-order valence-corrected chi connectivity index (χ3v) is 6.94. The largest absolute Gasteiger partial charge is 0.347 e. The second-order valence-electron chi connectivity index (χ2n) is 7.36. The molecule has 5 nitrogen and oxygen atoms in total. The highest BCUT2D eigenvalue weighted by atomic mass is 127. The lowest BCUT2D eigenvalue weighted by molar-refractivity contribution is -0.130. The zero-order valence-electron chi connectivity index (χ0n) is 14.8. The summed E-state index contributed by atoms with van der Waals surface area (Å²) in [5.41, 5.74) is 1.86. The minimum Gasteiger partial charge on any atom is -0.347 e. The Morgan fingerprint density at radius 2 is 2.16 bits per heavy atom. The smallest absolute Gasteiger partial charge is 0.242 e. The molecule has 7 heteroatoms. The van der Waals surface area contributed by atoms with Gasteiger partial charge in [0.15, 0.2) is 5.96 Å². The maximum atomic E-state index is 12.6. The van der Waals surface area contributed by atoms with Crippen LogP contribution in [0.2, 0.25) is 0 Å². The Bertz CT molecular complexity index is 655. The summed E-state index contributed by atoms with van der Waals surface area (Å²) in [6.07, 6.45) is 6.35. The Balaban J connectivity index is 0.00000182. The summed E-state index contributed by atoms with van der Waals surface area (Å²) in [6.45, 7) is 4.10. The Kier molecular flexibility index (Phi) is 5.92. The summed E-state index contributed by atoms with van der Waals surface area (Å²) in [5.74, 6) is 1.06. The summed E-state index contributed by atoms with van der Waals surface area (Å²) >= 11 is 1.81. The highest BCUT2D eigenvalue weighted by Crippen LogP contribution is 2.47. The van der Waals surface area contributed by atoms with Crippen LogP contribution in [0.15, 0.2) is 16.4 Å². The molecule has 0 bridgehead atoms. The molecule has 1 N–H and O–H groups in total. The van der Waals surface area contributed by atoms with Gasteiger partial charge in [0, 0.05) is 38.1 Å². The monoisotopic (exact) mass is 474 g/mol. The van der Waals surface area contributed by atoms with Crippen molar-refractivity contribution in [3.8, 4) is 0 Å². The number of hydrogen-bond acceptors (Lipinski definition) is 3. The van der Waals surface area contributed by atoms with Gasteiger partial charge in [-0.3, -0.25) is 9.79 Å². The van der Waals surface area contributed by atoms with Crippen LogP contribution in [0.25, 0.3) is 0 Å². The number of halogens is 1. The van der Waals surface area contributed by atoms with Crippen LogP contribution in [0.4, 0.5) is 0 Å². The Morgan fingerprint density at radius 1 is 1.32 bits per heavy atom. The molecular formula is C18H27IN4OS. The Hall–Kier alpha value is -0.830. The van der Waals surface area contributed by atoms with Gasteiger partial charge in [0.2, 0.25) is 5.91 Å². The molecule has 0 aromatic carbocycles. The van der Waals surface area contributed by atoms with Gasteiger partial charge in [-0.25, -0.2) is 0 Å². The number of nitrogens with zero attached hydrogens (tertiary/aromatic N) is 3. The second kappa shape index (κ2) is 7.82. The van der Waals surface area contributed by atoms with Gasteiger partial charge in [0.1, 0.15) is 0 Å². The van der Waals surface area contributed by atoms with E-state index < -0.39 is 0 Å². The van der Waals surface area contributed by atoms with E-state index in [4.69, 9.17) is 0 Å². The molecule has 0 radical (unpaired) electrons. The van der Waals surface area contributed by atoms with Crippen LogP contribution < -0.4 is 5.32 Å². The Morgan fingerprint density at radius 3 is 2.84 bits per heavy atom. The molecule has 1 aromatic heterocycles. The van der Waals surface area contributed by atoms with E-state index in [-0.39, 0.29) is 29.9 Å². The van der Waals surface area contributed by atoms with Crippen LogP contribution >= 0.6 is 35.3 Å². The average molecular weight is 474 g/mol. The van der Waals surface area contributed by atoms with Crippen LogP contribution in [-0.2, 0) is 17.8 Å². The lowest BCUT2D eigenvalue weighted by Crippen LogP contribution is -2.47. The van der Waals surface area contributed by atoms with Gasteiger partial charge in [-0.15, -0.1) is 35.3 Å². The van der Waals surface area contributed by atoms with Gasteiger partial charge in [-0.1, -0.05) is 6.42 Å². The number of amides is 1. The molecule has 4 rings (SSSR count). The van der Waals surface area contributed by atoms with Crippen LogP contribution in [0.5, 0.6) is 0 Å². The molecule has 1 amide bonds. The summed E-state index contributed by atoms with van der Waals surface area (Å²) in [5, 5.41) is 5.43. The molecular weight excluding hydrogens is 447 g/mol. The molecule has 0 unspecified atom stereocenters. The molecule has 1 aromatic rings. The fourth-order valence-corrected chi connectivity index (χ4v) is 5.15. The van der Waals surface area contributed by atoms with E-state index in [2.05, 4.69) is 26.7 Å². The van der Waals surface area contributed by atoms with Gasteiger partial charge in [-0.05, 0) is 48.1 Å². The third-order valence-electron chi connectivity index (χ3n) is 5.92. The van der Waals surface area contributed by atoms with E-state index in [0.29, 0.717) is 12.0 Å². The van der Waals surface area contributed by atoms with Crippen LogP contribution in [0, 0.1) is 5.41 Å². The van der Waals surface area contributed by atoms with Gasteiger partial charge in [-0.2, -0.15) is 0 Å². The van der Waals surface area contributed by atoms with Crippen molar-refractivity contribution >= 4 is 47.2 Å². The van der Waals surface area contributed by atoms with Crippen molar-refractivity contribution in [3.63, 3.8) is 0 Å². The van der Waals surface area contributed by atoms with Crippen molar-refractivity contribution in [3.05, 3.63) is 21.9 Å². The number of guanidine groups is 1. The molecule has 138 valence electrons. The first-order valence-electron chi connectivity index (χ1n) is 8.98. The quantitative estimate of drug-likeness (QED) is 0.408. The van der Waals surface area contributed by atoms with Gasteiger partial charge in [0.05, 0.1) is 6.54 Å². The lowest BCUT2D eigenvalue weighted by atomic mass is 9.68. The molecule has 1 spiro atoms. The summed E-state index contributed by atoms with van der Waals surface area (Å²) in [4.78, 5) is 22.7.